The Hall–Kier alpha value is -2.49. The molecule has 2 aromatic rings. The molecule has 0 bridgehead atoms. The molecular formula is C18H17NO3S. The predicted octanol–water partition coefficient (Wildman–Crippen LogP) is 4.82. The van der Waals surface area contributed by atoms with Crippen LogP contribution < -0.4 is 9.47 Å². The van der Waals surface area contributed by atoms with E-state index in [1.54, 1.807) is 48.5 Å². The highest BCUT2D eigenvalue weighted by atomic mass is 32.1. The molecule has 23 heavy (non-hydrogen) atoms. The second-order valence-corrected chi connectivity index (χ2v) is 5.00. The minimum atomic E-state index is -0.420. The Labute approximate surface area is 140 Å². The van der Waals surface area contributed by atoms with Crippen molar-refractivity contribution >= 4 is 29.0 Å². The number of esters is 1. The van der Waals surface area contributed by atoms with Crippen LogP contribution in [0.15, 0.2) is 53.5 Å². The van der Waals surface area contributed by atoms with Gasteiger partial charge in [0.1, 0.15) is 11.5 Å². The molecule has 0 aliphatic heterocycles. The molecule has 0 N–H and O–H groups in total. The van der Waals surface area contributed by atoms with Crippen LogP contribution in [0.4, 0.5) is 5.69 Å². The third-order valence-corrected chi connectivity index (χ3v) is 3.17. The lowest BCUT2D eigenvalue weighted by Crippen LogP contribution is -2.08. The smallest absolute Gasteiger partial charge is 0.343 e. The zero-order valence-corrected chi connectivity index (χ0v) is 13.6. The van der Waals surface area contributed by atoms with Crippen molar-refractivity contribution in [1.82, 2.24) is 0 Å². The van der Waals surface area contributed by atoms with Crippen LogP contribution in [0.5, 0.6) is 11.5 Å². The van der Waals surface area contributed by atoms with E-state index in [4.69, 9.17) is 9.47 Å². The molecule has 0 aliphatic carbocycles. The van der Waals surface area contributed by atoms with Crippen molar-refractivity contribution < 1.29 is 14.3 Å². The maximum Gasteiger partial charge on any atom is 0.343 e. The van der Waals surface area contributed by atoms with Gasteiger partial charge < -0.3 is 9.47 Å². The van der Waals surface area contributed by atoms with E-state index in [1.165, 1.54) is 0 Å². The fourth-order valence-corrected chi connectivity index (χ4v) is 1.93. The molecule has 0 aliphatic rings. The van der Waals surface area contributed by atoms with Crippen molar-refractivity contribution in [3.63, 3.8) is 0 Å². The Kier molecular flexibility index (Phi) is 6.48. The van der Waals surface area contributed by atoms with Gasteiger partial charge in [0.15, 0.2) is 0 Å². The van der Waals surface area contributed by atoms with Crippen molar-refractivity contribution in [3.05, 3.63) is 54.1 Å². The number of nitrogens with zero attached hydrogens (tertiary/aromatic N) is 1. The van der Waals surface area contributed by atoms with E-state index in [0.717, 1.165) is 18.6 Å². The average molecular weight is 327 g/mol. The highest BCUT2D eigenvalue weighted by Crippen LogP contribution is 2.19. The number of isothiocyanates is 1. The van der Waals surface area contributed by atoms with Gasteiger partial charge in [0.05, 0.1) is 23.0 Å². The van der Waals surface area contributed by atoms with Gasteiger partial charge in [-0.3, -0.25) is 0 Å². The van der Waals surface area contributed by atoms with E-state index in [-0.39, 0.29) is 0 Å². The number of carbonyl (C=O) groups is 1. The monoisotopic (exact) mass is 327 g/mol. The van der Waals surface area contributed by atoms with Crippen molar-refractivity contribution in [3.8, 4) is 11.5 Å². The molecule has 0 spiro atoms. The van der Waals surface area contributed by atoms with E-state index in [2.05, 4.69) is 29.3 Å². The van der Waals surface area contributed by atoms with Crippen LogP contribution in [0.25, 0.3) is 0 Å². The molecule has 0 unspecified atom stereocenters. The van der Waals surface area contributed by atoms with Crippen LogP contribution in [0.1, 0.15) is 30.1 Å². The maximum atomic E-state index is 12.1. The Bertz CT molecular complexity index is 689. The minimum Gasteiger partial charge on any atom is -0.494 e. The van der Waals surface area contributed by atoms with Gasteiger partial charge >= 0.3 is 5.97 Å². The van der Waals surface area contributed by atoms with Gasteiger partial charge in [0.25, 0.3) is 0 Å². The molecule has 118 valence electrons. The number of thiocarbonyl (C=S) groups is 1. The molecule has 0 aromatic heterocycles. The highest BCUT2D eigenvalue weighted by Gasteiger charge is 2.08. The summed E-state index contributed by atoms with van der Waals surface area (Å²) < 4.78 is 10.9. The van der Waals surface area contributed by atoms with Crippen LogP contribution in [0.3, 0.4) is 0 Å². The number of benzene rings is 2. The lowest BCUT2D eigenvalue weighted by atomic mass is 10.2. The summed E-state index contributed by atoms with van der Waals surface area (Å²) in [6.07, 6.45) is 2.09. The SMILES string of the molecule is CCCCOc1ccc(C(=O)Oc2ccc(N=C=S)cc2)cc1. The van der Waals surface area contributed by atoms with Gasteiger partial charge in [0, 0.05) is 0 Å². The van der Waals surface area contributed by atoms with Gasteiger partial charge in [-0.15, -0.1) is 0 Å². The Morgan fingerprint density at radius 3 is 2.35 bits per heavy atom. The fraction of sp³-hybridized carbons (Fsp3) is 0.222. The van der Waals surface area contributed by atoms with Gasteiger partial charge in [-0.1, -0.05) is 13.3 Å². The molecule has 2 aromatic carbocycles. The first-order valence-electron chi connectivity index (χ1n) is 7.36. The second kappa shape index (κ2) is 8.83. The zero-order valence-electron chi connectivity index (χ0n) is 12.8. The van der Waals surface area contributed by atoms with Crippen LogP contribution in [0, 0.1) is 0 Å². The molecule has 0 fully saturated rings. The summed E-state index contributed by atoms with van der Waals surface area (Å²) in [7, 11) is 0. The third kappa shape index (κ3) is 5.33. The predicted molar refractivity (Wildman–Crippen MR) is 92.9 cm³/mol. The lowest BCUT2D eigenvalue weighted by Gasteiger charge is -2.07. The van der Waals surface area contributed by atoms with E-state index in [1.807, 2.05) is 0 Å². The van der Waals surface area contributed by atoms with Gasteiger partial charge in [-0.05, 0) is 67.2 Å². The molecule has 0 radical (unpaired) electrons. The first-order chi connectivity index (χ1) is 11.2. The summed E-state index contributed by atoms with van der Waals surface area (Å²) in [5, 5.41) is 2.28. The van der Waals surface area contributed by atoms with E-state index >= 15 is 0 Å². The molecule has 4 nitrogen and oxygen atoms in total. The van der Waals surface area contributed by atoms with E-state index in [9.17, 15) is 4.79 Å². The fourth-order valence-electron chi connectivity index (χ4n) is 1.83. The quantitative estimate of drug-likeness (QED) is 0.240. The summed E-state index contributed by atoms with van der Waals surface area (Å²) in [5.41, 5.74) is 1.13. The van der Waals surface area contributed by atoms with Crippen molar-refractivity contribution in [2.75, 3.05) is 6.61 Å². The second-order valence-electron chi connectivity index (χ2n) is 4.81. The molecule has 0 saturated carbocycles. The van der Waals surface area contributed by atoms with Crippen LogP contribution in [-0.4, -0.2) is 17.7 Å². The van der Waals surface area contributed by atoms with Gasteiger partial charge in [-0.25, -0.2) is 4.79 Å². The minimum absolute atomic E-state index is 0.420. The van der Waals surface area contributed by atoms with E-state index in [0.29, 0.717) is 23.6 Å². The maximum absolute atomic E-state index is 12.1. The summed E-state index contributed by atoms with van der Waals surface area (Å²) in [6.45, 7) is 2.79. The average Bonchev–Trinajstić information content (AvgIpc) is 2.58. The van der Waals surface area contributed by atoms with Crippen molar-refractivity contribution in [2.24, 2.45) is 4.99 Å². The number of hydrogen-bond donors (Lipinski definition) is 0. The summed E-state index contributed by atoms with van der Waals surface area (Å²) in [5.74, 6) is 0.773. The lowest BCUT2D eigenvalue weighted by molar-refractivity contribution is 0.0734. The first-order valence-corrected chi connectivity index (χ1v) is 7.76. The molecule has 0 amide bonds. The Morgan fingerprint density at radius 2 is 1.74 bits per heavy atom. The molecule has 0 heterocycles. The zero-order chi connectivity index (χ0) is 16.5. The Morgan fingerprint density at radius 1 is 1.09 bits per heavy atom. The van der Waals surface area contributed by atoms with Gasteiger partial charge in [0.2, 0.25) is 0 Å². The van der Waals surface area contributed by atoms with Crippen molar-refractivity contribution in [2.45, 2.75) is 19.8 Å². The third-order valence-electron chi connectivity index (χ3n) is 3.08. The summed E-state index contributed by atoms with van der Waals surface area (Å²) in [4.78, 5) is 15.9. The molecule has 5 heteroatoms. The number of aliphatic imine (C=N–C) groups is 1. The molecule has 2 rings (SSSR count). The number of ether oxygens (including phenoxy) is 2. The largest absolute Gasteiger partial charge is 0.494 e. The number of carbonyl (C=O) groups excluding carboxylic acids is 1. The van der Waals surface area contributed by atoms with E-state index < -0.39 is 5.97 Å². The normalized spacial score (nSPS) is 9.78. The summed E-state index contributed by atoms with van der Waals surface area (Å²) >= 11 is 4.53. The standard InChI is InChI=1S/C18H17NO3S/c1-2-3-12-21-16-8-4-14(5-9-16)18(20)22-17-10-6-15(7-11-17)19-13-23/h4-11H,2-3,12H2,1H3. The van der Waals surface area contributed by atoms with Crippen LogP contribution >= 0.6 is 12.2 Å². The van der Waals surface area contributed by atoms with Crippen LogP contribution in [0.2, 0.25) is 0 Å². The molecule has 0 saturated heterocycles. The van der Waals surface area contributed by atoms with Crippen LogP contribution in [-0.2, 0) is 0 Å². The topological polar surface area (TPSA) is 47.9 Å². The number of hydrogen-bond acceptors (Lipinski definition) is 5. The molecule has 0 atom stereocenters. The molecular weight excluding hydrogens is 310 g/mol. The Balaban J connectivity index is 1.95. The number of rotatable bonds is 7. The number of unbranched alkanes of at least 4 members (excludes halogenated alkanes) is 1. The highest BCUT2D eigenvalue weighted by molar-refractivity contribution is 7.78. The first kappa shape index (κ1) is 16.9. The van der Waals surface area contributed by atoms with Gasteiger partial charge in [-0.2, -0.15) is 4.99 Å². The summed E-state index contributed by atoms with van der Waals surface area (Å²) in [6, 6.07) is 13.6. The van der Waals surface area contributed by atoms with Crippen molar-refractivity contribution in [1.29, 1.82) is 0 Å².